The van der Waals surface area contributed by atoms with E-state index < -0.39 is 21.8 Å². The van der Waals surface area contributed by atoms with E-state index in [9.17, 15) is 18.0 Å². The first-order valence-corrected chi connectivity index (χ1v) is 12.2. The standard InChI is InChI=1S/C23H28N6O4S/c1-6-28(7-2)34(32,33)19-10-8-9-18(14-19)22(30)24-25-23(31)21-17(5)26-29(27-21)20-12-11-15(3)13-16(20)4/h8-14H,6-7H2,1-5H3,(H,24,30)(H,25,31). The molecule has 0 fully saturated rings. The van der Waals surface area contributed by atoms with Crippen molar-refractivity contribution in [1.82, 2.24) is 30.2 Å². The lowest BCUT2D eigenvalue weighted by atomic mass is 10.1. The second-order valence-electron chi connectivity index (χ2n) is 7.74. The van der Waals surface area contributed by atoms with Gasteiger partial charge in [-0.25, -0.2) is 8.42 Å². The fourth-order valence-corrected chi connectivity index (χ4v) is 4.99. The van der Waals surface area contributed by atoms with Gasteiger partial charge in [0.25, 0.3) is 11.8 Å². The van der Waals surface area contributed by atoms with Crippen molar-refractivity contribution in [2.24, 2.45) is 0 Å². The van der Waals surface area contributed by atoms with Crippen LogP contribution < -0.4 is 10.9 Å². The summed E-state index contributed by atoms with van der Waals surface area (Å²) in [5, 5.41) is 8.57. The van der Waals surface area contributed by atoms with Crippen LogP contribution in [0.1, 0.15) is 51.5 Å². The minimum absolute atomic E-state index is 0.00225. The molecule has 0 saturated carbocycles. The second-order valence-corrected chi connectivity index (χ2v) is 9.68. The summed E-state index contributed by atoms with van der Waals surface area (Å²) in [7, 11) is -3.72. The van der Waals surface area contributed by atoms with Crippen LogP contribution in [0.4, 0.5) is 0 Å². The van der Waals surface area contributed by atoms with Gasteiger partial charge in [0.2, 0.25) is 10.0 Å². The van der Waals surface area contributed by atoms with Gasteiger partial charge in [0.1, 0.15) is 0 Å². The van der Waals surface area contributed by atoms with Gasteiger partial charge in [0, 0.05) is 18.7 Å². The molecule has 0 bridgehead atoms. The lowest BCUT2D eigenvalue weighted by Crippen LogP contribution is -2.42. The molecule has 0 aliphatic rings. The summed E-state index contributed by atoms with van der Waals surface area (Å²) >= 11 is 0. The Hall–Kier alpha value is -3.57. The van der Waals surface area contributed by atoms with Crippen molar-refractivity contribution in [2.75, 3.05) is 13.1 Å². The molecule has 1 heterocycles. The number of aromatic nitrogens is 3. The van der Waals surface area contributed by atoms with Crippen molar-refractivity contribution in [1.29, 1.82) is 0 Å². The Morgan fingerprint density at radius 2 is 1.62 bits per heavy atom. The van der Waals surface area contributed by atoms with E-state index in [0.29, 0.717) is 18.8 Å². The quantitative estimate of drug-likeness (QED) is 0.496. The molecule has 180 valence electrons. The van der Waals surface area contributed by atoms with E-state index in [1.807, 2.05) is 32.0 Å². The van der Waals surface area contributed by atoms with Crippen LogP contribution in [-0.4, -0.2) is 52.6 Å². The zero-order chi connectivity index (χ0) is 25.0. The molecule has 0 unspecified atom stereocenters. The van der Waals surface area contributed by atoms with Gasteiger partial charge in [-0.3, -0.25) is 20.4 Å². The first-order valence-electron chi connectivity index (χ1n) is 10.8. The first kappa shape index (κ1) is 25.1. The van der Waals surface area contributed by atoms with Gasteiger partial charge in [-0.05, 0) is 50.6 Å². The molecule has 0 aliphatic carbocycles. The maximum absolute atomic E-state index is 12.7. The number of carbonyl (C=O) groups excluding carboxylic acids is 2. The van der Waals surface area contributed by atoms with Gasteiger partial charge in [-0.15, -0.1) is 5.10 Å². The van der Waals surface area contributed by atoms with Gasteiger partial charge < -0.3 is 0 Å². The lowest BCUT2D eigenvalue weighted by Gasteiger charge is -2.18. The van der Waals surface area contributed by atoms with Crippen LogP contribution in [0.5, 0.6) is 0 Å². The summed E-state index contributed by atoms with van der Waals surface area (Å²) in [6, 6.07) is 11.4. The van der Waals surface area contributed by atoms with Gasteiger partial charge in [-0.2, -0.15) is 14.2 Å². The van der Waals surface area contributed by atoms with E-state index in [4.69, 9.17) is 0 Å². The Morgan fingerprint density at radius 3 is 2.26 bits per heavy atom. The van der Waals surface area contributed by atoms with Crippen LogP contribution in [0.15, 0.2) is 47.4 Å². The molecular weight excluding hydrogens is 456 g/mol. The molecular formula is C23H28N6O4S. The van der Waals surface area contributed by atoms with E-state index in [1.54, 1.807) is 20.8 Å². The minimum atomic E-state index is -3.72. The Kier molecular flexibility index (Phi) is 7.48. The summed E-state index contributed by atoms with van der Waals surface area (Å²) in [6.45, 7) is 9.66. The summed E-state index contributed by atoms with van der Waals surface area (Å²) < 4.78 is 26.8. The van der Waals surface area contributed by atoms with Gasteiger partial charge in [0.15, 0.2) is 5.69 Å². The van der Waals surface area contributed by atoms with Crippen molar-refractivity contribution in [3.8, 4) is 5.69 Å². The molecule has 3 rings (SSSR count). The number of rotatable bonds is 7. The van der Waals surface area contributed by atoms with Crippen molar-refractivity contribution in [3.63, 3.8) is 0 Å². The van der Waals surface area contributed by atoms with Gasteiger partial charge in [-0.1, -0.05) is 37.6 Å². The van der Waals surface area contributed by atoms with Crippen molar-refractivity contribution < 1.29 is 18.0 Å². The van der Waals surface area contributed by atoms with E-state index >= 15 is 0 Å². The van der Waals surface area contributed by atoms with Gasteiger partial charge >= 0.3 is 0 Å². The van der Waals surface area contributed by atoms with E-state index in [-0.39, 0.29) is 16.2 Å². The average Bonchev–Trinajstić information content (AvgIpc) is 3.19. The summed E-state index contributed by atoms with van der Waals surface area (Å²) in [4.78, 5) is 26.6. The van der Waals surface area contributed by atoms with E-state index in [1.165, 1.54) is 33.4 Å². The zero-order valence-electron chi connectivity index (χ0n) is 19.8. The largest absolute Gasteiger partial charge is 0.292 e. The third kappa shape index (κ3) is 5.15. The SMILES string of the molecule is CCN(CC)S(=O)(=O)c1cccc(C(=O)NNC(=O)c2nn(-c3ccc(C)cc3C)nc2C)c1. The molecule has 2 N–H and O–H groups in total. The van der Waals surface area contributed by atoms with Crippen molar-refractivity contribution >= 4 is 21.8 Å². The number of hydrogen-bond acceptors (Lipinski definition) is 6. The van der Waals surface area contributed by atoms with Crippen molar-refractivity contribution in [3.05, 3.63) is 70.5 Å². The predicted molar refractivity (Wildman–Crippen MR) is 127 cm³/mol. The molecule has 10 nitrogen and oxygen atoms in total. The molecule has 0 spiro atoms. The Morgan fingerprint density at radius 1 is 0.941 bits per heavy atom. The number of carbonyl (C=O) groups is 2. The number of aryl methyl sites for hydroxylation is 3. The maximum Gasteiger partial charge on any atom is 0.292 e. The number of benzene rings is 2. The molecule has 1 aromatic heterocycles. The number of hydrazine groups is 1. The maximum atomic E-state index is 12.7. The third-order valence-electron chi connectivity index (χ3n) is 5.29. The molecule has 11 heteroatoms. The highest BCUT2D eigenvalue weighted by Crippen LogP contribution is 2.17. The molecule has 0 saturated heterocycles. The van der Waals surface area contributed by atoms with E-state index in [2.05, 4.69) is 21.0 Å². The first-order chi connectivity index (χ1) is 16.1. The molecule has 34 heavy (non-hydrogen) atoms. The van der Waals surface area contributed by atoms with Crippen LogP contribution in [0.25, 0.3) is 5.69 Å². The molecule has 2 aromatic carbocycles. The summed E-state index contributed by atoms with van der Waals surface area (Å²) in [5.41, 5.74) is 7.94. The van der Waals surface area contributed by atoms with E-state index in [0.717, 1.165) is 16.8 Å². The monoisotopic (exact) mass is 484 g/mol. The third-order valence-corrected chi connectivity index (χ3v) is 7.34. The fourth-order valence-electron chi connectivity index (χ4n) is 3.48. The van der Waals surface area contributed by atoms with Crippen LogP contribution in [-0.2, 0) is 10.0 Å². The molecule has 0 atom stereocenters. The highest BCUT2D eigenvalue weighted by molar-refractivity contribution is 7.89. The number of nitrogens with zero attached hydrogens (tertiary/aromatic N) is 4. The van der Waals surface area contributed by atoms with Gasteiger partial charge in [0.05, 0.1) is 16.3 Å². The Labute approximate surface area is 199 Å². The number of nitrogens with one attached hydrogen (secondary N) is 2. The van der Waals surface area contributed by atoms with Crippen LogP contribution >= 0.6 is 0 Å². The Balaban J connectivity index is 1.74. The lowest BCUT2D eigenvalue weighted by molar-refractivity contribution is 0.0843. The topological polar surface area (TPSA) is 126 Å². The van der Waals surface area contributed by atoms with Crippen LogP contribution in [0, 0.1) is 20.8 Å². The summed E-state index contributed by atoms with van der Waals surface area (Å²) in [6.07, 6.45) is 0. The number of sulfonamides is 1. The van der Waals surface area contributed by atoms with Crippen molar-refractivity contribution in [2.45, 2.75) is 39.5 Å². The molecule has 2 amide bonds. The number of hydrogen-bond donors (Lipinski definition) is 2. The molecule has 0 radical (unpaired) electrons. The molecule has 3 aromatic rings. The van der Waals surface area contributed by atoms with Crippen LogP contribution in [0.2, 0.25) is 0 Å². The smallest absolute Gasteiger partial charge is 0.267 e. The average molecular weight is 485 g/mol. The summed E-state index contributed by atoms with van der Waals surface area (Å²) in [5.74, 6) is -1.31. The molecule has 0 aliphatic heterocycles. The zero-order valence-corrected chi connectivity index (χ0v) is 20.6. The van der Waals surface area contributed by atoms with Crippen LogP contribution in [0.3, 0.4) is 0 Å². The fraction of sp³-hybridized carbons (Fsp3) is 0.304. The minimum Gasteiger partial charge on any atom is -0.267 e. The predicted octanol–water partition coefficient (Wildman–Crippen LogP) is 2.30. The highest BCUT2D eigenvalue weighted by Gasteiger charge is 2.23. The number of amides is 2. The second kappa shape index (κ2) is 10.1. The highest BCUT2D eigenvalue weighted by atomic mass is 32.2. The normalized spacial score (nSPS) is 11.5. The Bertz CT molecular complexity index is 1330.